The number of thioether (sulfide) groups is 1. The van der Waals surface area contributed by atoms with Crippen molar-refractivity contribution in [2.24, 2.45) is 5.41 Å². The van der Waals surface area contributed by atoms with Crippen molar-refractivity contribution in [1.29, 1.82) is 0 Å². The number of hydrogen-bond donors (Lipinski definition) is 0. The van der Waals surface area contributed by atoms with Crippen molar-refractivity contribution in [3.63, 3.8) is 0 Å². The molecule has 0 heterocycles. The van der Waals surface area contributed by atoms with E-state index in [1.54, 1.807) is 5.57 Å². The molecular formula is C21H31Cl2STi. The summed E-state index contributed by atoms with van der Waals surface area (Å²) in [5.74, 6) is 0. The van der Waals surface area contributed by atoms with Crippen LogP contribution >= 0.6 is 11.8 Å². The summed E-state index contributed by atoms with van der Waals surface area (Å²) in [6.45, 7) is 16.3. The van der Waals surface area contributed by atoms with Gasteiger partial charge in [0.15, 0.2) is 0 Å². The molecule has 25 heavy (non-hydrogen) atoms. The molecule has 0 N–H and O–H groups in total. The van der Waals surface area contributed by atoms with E-state index in [-0.39, 0.29) is 61.4 Å². The molecule has 0 aromatic heterocycles. The number of allylic oxidation sites excluding steroid dienone is 7. The van der Waals surface area contributed by atoms with Gasteiger partial charge < -0.3 is 24.8 Å². The summed E-state index contributed by atoms with van der Waals surface area (Å²) in [7, 11) is 0. The van der Waals surface area contributed by atoms with Crippen molar-refractivity contribution >= 4 is 11.8 Å². The Balaban J connectivity index is 0. The van der Waals surface area contributed by atoms with Gasteiger partial charge in [-0.25, -0.2) is 11.6 Å². The van der Waals surface area contributed by atoms with Crippen LogP contribution in [-0.4, -0.2) is 9.49 Å². The molecule has 0 aromatic carbocycles. The first kappa shape index (κ1) is 27.8. The molecule has 0 fully saturated rings. The van der Waals surface area contributed by atoms with Crippen LogP contribution in [0.1, 0.15) is 67.7 Å². The smallest absolute Gasteiger partial charge is 1.00 e. The number of halogens is 2. The van der Waals surface area contributed by atoms with E-state index >= 15 is 0 Å². The molecule has 2 aliphatic carbocycles. The molecule has 0 amide bonds. The molecule has 0 saturated carbocycles. The average molecular weight is 434 g/mol. The first-order valence-corrected chi connectivity index (χ1v) is 9.19. The minimum absolute atomic E-state index is 0. The third-order valence-electron chi connectivity index (χ3n) is 4.17. The molecule has 0 aliphatic heterocycles. The van der Waals surface area contributed by atoms with Crippen molar-refractivity contribution in [3.8, 4) is 0 Å². The molecule has 4 heteroatoms. The fourth-order valence-electron chi connectivity index (χ4n) is 3.52. The molecule has 0 nitrogen and oxygen atoms in total. The van der Waals surface area contributed by atoms with Gasteiger partial charge in [-0.05, 0) is 30.8 Å². The van der Waals surface area contributed by atoms with Crippen molar-refractivity contribution < 1.29 is 46.5 Å². The summed E-state index contributed by atoms with van der Waals surface area (Å²) >= 11 is 2.14. The monoisotopic (exact) mass is 433 g/mol. The summed E-state index contributed by atoms with van der Waals surface area (Å²) in [5, 5.41) is 0. The SMILES string of the molecule is CC1=CCC(CC2=[C-]CC=C2)(SC(C)(C)C)C(C(C)(C)C)=C1.[Cl-].[Cl-].[Ti+3]. The minimum atomic E-state index is 0. The quantitative estimate of drug-likeness (QED) is 0.465. The van der Waals surface area contributed by atoms with E-state index in [0.29, 0.717) is 0 Å². The van der Waals surface area contributed by atoms with Crippen molar-refractivity contribution in [2.45, 2.75) is 77.2 Å². The Hall–Kier alpha value is 0.604. The molecule has 1 radical (unpaired) electrons. The van der Waals surface area contributed by atoms with Crippen molar-refractivity contribution in [2.75, 3.05) is 0 Å². The van der Waals surface area contributed by atoms with Gasteiger partial charge in [-0.1, -0.05) is 59.3 Å². The largest absolute Gasteiger partial charge is 3.00 e. The van der Waals surface area contributed by atoms with E-state index in [9.17, 15) is 0 Å². The standard InChI is InChI=1S/C21H31S.2ClH.Ti/c1-16-12-13-21(22-20(5,6)7,15-17-10-8-9-11-17)18(14-16)19(2,3)4;;;/h8,10,12,14H,9,13,15H2,1-7H3;2*1H;/q-1;;;+3/p-2. The van der Waals surface area contributed by atoms with Gasteiger partial charge in [0.2, 0.25) is 0 Å². The second kappa shape index (κ2) is 10.2. The molecule has 0 saturated heterocycles. The van der Waals surface area contributed by atoms with Gasteiger partial charge in [0, 0.05) is 9.49 Å². The molecule has 2 aliphatic rings. The second-order valence-electron chi connectivity index (χ2n) is 8.65. The van der Waals surface area contributed by atoms with Crippen molar-refractivity contribution in [1.82, 2.24) is 0 Å². The fraction of sp³-hybridized carbons (Fsp3) is 0.619. The van der Waals surface area contributed by atoms with Crippen LogP contribution in [-0.2, 0) is 21.7 Å². The van der Waals surface area contributed by atoms with E-state index in [1.165, 1.54) is 11.1 Å². The summed E-state index contributed by atoms with van der Waals surface area (Å²) < 4.78 is 0.402. The average Bonchev–Trinajstić information content (AvgIpc) is 2.81. The zero-order valence-corrected chi connectivity index (χ0v) is 20.5. The van der Waals surface area contributed by atoms with Crippen LogP contribution in [0, 0.1) is 11.5 Å². The predicted molar refractivity (Wildman–Crippen MR) is 101 cm³/mol. The van der Waals surface area contributed by atoms with Crippen LogP contribution in [0.4, 0.5) is 0 Å². The zero-order chi connectivity index (χ0) is 16.6. The fourth-order valence-corrected chi connectivity index (χ4v) is 5.56. The second-order valence-corrected chi connectivity index (χ2v) is 10.9. The van der Waals surface area contributed by atoms with Gasteiger partial charge in [-0.2, -0.15) is 6.08 Å². The first-order chi connectivity index (χ1) is 10.0. The first-order valence-electron chi connectivity index (χ1n) is 8.38. The van der Waals surface area contributed by atoms with Crippen molar-refractivity contribution in [3.05, 3.63) is 47.1 Å². The Bertz CT molecular complexity index is 559. The molecule has 0 bridgehead atoms. The van der Waals surface area contributed by atoms with Gasteiger partial charge >= 0.3 is 21.7 Å². The topological polar surface area (TPSA) is 0 Å². The van der Waals surface area contributed by atoms with E-state index in [1.807, 2.05) is 0 Å². The Labute approximate surface area is 187 Å². The molecular weight excluding hydrogens is 403 g/mol. The molecule has 1 atom stereocenters. The minimum Gasteiger partial charge on any atom is -1.00 e. The predicted octanol–water partition coefficient (Wildman–Crippen LogP) is 0.664. The van der Waals surface area contributed by atoms with Crippen LogP contribution in [0.15, 0.2) is 41.0 Å². The summed E-state index contributed by atoms with van der Waals surface area (Å²) in [6.07, 6.45) is 16.1. The van der Waals surface area contributed by atoms with Gasteiger partial charge in [-0.3, -0.25) is 6.08 Å². The van der Waals surface area contributed by atoms with Gasteiger partial charge in [0.25, 0.3) is 0 Å². The maximum atomic E-state index is 3.54. The van der Waals surface area contributed by atoms with Gasteiger partial charge in [-0.15, -0.1) is 18.2 Å². The number of hydrogen-bond acceptors (Lipinski definition) is 1. The third-order valence-corrected chi connectivity index (χ3v) is 5.70. The van der Waals surface area contributed by atoms with Crippen LogP contribution in [0.5, 0.6) is 0 Å². The van der Waals surface area contributed by atoms with E-state index in [4.69, 9.17) is 0 Å². The Morgan fingerprint density at radius 1 is 1.12 bits per heavy atom. The summed E-state index contributed by atoms with van der Waals surface area (Å²) in [5.41, 5.74) is 4.58. The Morgan fingerprint density at radius 3 is 2.16 bits per heavy atom. The van der Waals surface area contributed by atoms with E-state index < -0.39 is 0 Å². The summed E-state index contributed by atoms with van der Waals surface area (Å²) in [4.78, 5) is 0. The third kappa shape index (κ3) is 7.63. The van der Waals surface area contributed by atoms with E-state index in [0.717, 1.165) is 19.3 Å². The van der Waals surface area contributed by atoms with Gasteiger partial charge in [0.05, 0.1) is 0 Å². The summed E-state index contributed by atoms with van der Waals surface area (Å²) in [6, 6.07) is 0. The maximum absolute atomic E-state index is 3.54. The van der Waals surface area contributed by atoms with Crippen LogP contribution in [0.25, 0.3) is 0 Å². The van der Waals surface area contributed by atoms with E-state index in [2.05, 4.69) is 90.6 Å². The zero-order valence-electron chi connectivity index (χ0n) is 16.6. The number of rotatable bonds is 3. The Kier molecular flexibility index (Phi) is 11.4. The molecule has 2 rings (SSSR count). The molecule has 0 spiro atoms. The normalized spacial score (nSPS) is 22.8. The molecule has 0 aromatic rings. The Morgan fingerprint density at radius 2 is 1.72 bits per heavy atom. The van der Waals surface area contributed by atoms with Gasteiger partial charge in [0.1, 0.15) is 0 Å². The van der Waals surface area contributed by atoms with Crippen LogP contribution in [0.3, 0.4) is 0 Å². The maximum Gasteiger partial charge on any atom is 3.00 e. The molecule has 1 unspecified atom stereocenters. The molecule has 139 valence electrons. The van der Waals surface area contributed by atoms with Crippen LogP contribution in [0.2, 0.25) is 0 Å². The van der Waals surface area contributed by atoms with Crippen LogP contribution < -0.4 is 24.8 Å².